The number of hydrogen-bond acceptors (Lipinski definition) is 3. The zero-order chi connectivity index (χ0) is 18.9. The summed E-state index contributed by atoms with van der Waals surface area (Å²) >= 11 is 0. The molecule has 1 N–H and O–H groups in total. The van der Waals surface area contributed by atoms with Gasteiger partial charge in [-0.1, -0.05) is 60.7 Å². The van der Waals surface area contributed by atoms with Crippen molar-refractivity contribution in [2.75, 3.05) is 32.7 Å². The lowest BCUT2D eigenvalue weighted by molar-refractivity contribution is -0.126. The molecule has 0 spiro atoms. The monoisotopic (exact) mass is 365 g/mol. The summed E-state index contributed by atoms with van der Waals surface area (Å²) in [7, 11) is 0. The van der Waals surface area contributed by atoms with Crippen molar-refractivity contribution < 1.29 is 4.79 Å². The Morgan fingerprint density at radius 1 is 0.926 bits per heavy atom. The minimum atomic E-state index is -0.0550. The largest absolute Gasteiger partial charge is 0.355 e. The van der Waals surface area contributed by atoms with E-state index in [-0.39, 0.29) is 11.9 Å². The average molecular weight is 366 g/mol. The molecule has 27 heavy (non-hydrogen) atoms. The van der Waals surface area contributed by atoms with Gasteiger partial charge >= 0.3 is 0 Å². The number of benzene rings is 2. The summed E-state index contributed by atoms with van der Waals surface area (Å²) < 4.78 is 0. The fourth-order valence-corrected chi connectivity index (χ4v) is 3.61. The van der Waals surface area contributed by atoms with Crippen LogP contribution in [0.3, 0.4) is 0 Å². The van der Waals surface area contributed by atoms with Gasteiger partial charge in [0, 0.05) is 39.3 Å². The van der Waals surface area contributed by atoms with E-state index >= 15 is 0 Å². The molecule has 1 amide bonds. The quantitative estimate of drug-likeness (QED) is 0.731. The third-order valence-electron chi connectivity index (χ3n) is 5.37. The number of amides is 1. The zero-order valence-electron chi connectivity index (χ0n) is 16.3. The molecule has 2 aromatic carbocycles. The summed E-state index contributed by atoms with van der Waals surface area (Å²) in [6, 6.07) is 21.0. The van der Waals surface area contributed by atoms with E-state index in [1.807, 2.05) is 13.0 Å². The van der Waals surface area contributed by atoms with Crippen LogP contribution >= 0.6 is 0 Å². The molecule has 3 rings (SSSR count). The molecule has 4 heteroatoms. The summed E-state index contributed by atoms with van der Waals surface area (Å²) in [5, 5.41) is 3.11. The maximum Gasteiger partial charge on any atom is 0.237 e. The highest BCUT2D eigenvalue weighted by molar-refractivity contribution is 5.81. The molecule has 1 fully saturated rings. The topological polar surface area (TPSA) is 35.6 Å². The molecule has 1 unspecified atom stereocenters. The van der Waals surface area contributed by atoms with E-state index in [1.54, 1.807) is 0 Å². The van der Waals surface area contributed by atoms with Gasteiger partial charge in [0.2, 0.25) is 5.91 Å². The van der Waals surface area contributed by atoms with Gasteiger partial charge in [0.1, 0.15) is 0 Å². The van der Waals surface area contributed by atoms with Crippen LogP contribution in [0.1, 0.15) is 24.5 Å². The lowest BCUT2D eigenvalue weighted by atomic mass is 10.1. The van der Waals surface area contributed by atoms with Gasteiger partial charge in [-0.05, 0) is 30.9 Å². The Balaban J connectivity index is 1.34. The minimum absolute atomic E-state index is 0.0550. The van der Waals surface area contributed by atoms with E-state index < -0.39 is 0 Å². The number of nitrogens with one attached hydrogen (secondary N) is 1. The molecule has 0 bridgehead atoms. The van der Waals surface area contributed by atoms with Crippen LogP contribution in [0.5, 0.6) is 0 Å². The van der Waals surface area contributed by atoms with Gasteiger partial charge in [-0.25, -0.2) is 0 Å². The Kier molecular flexibility index (Phi) is 7.43. The smallest absolute Gasteiger partial charge is 0.237 e. The van der Waals surface area contributed by atoms with E-state index in [0.29, 0.717) is 0 Å². The molecule has 1 atom stereocenters. The molecular weight excluding hydrogens is 334 g/mol. The van der Waals surface area contributed by atoms with Gasteiger partial charge in [0.05, 0.1) is 6.04 Å². The Bertz CT molecular complexity index is 681. The van der Waals surface area contributed by atoms with Gasteiger partial charge in [-0.2, -0.15) is 0 Å². The highest BCUT2D eigenvalue weighted by Gasteiger charge is 2.25. The summed E-state index contributed by atoms with van der Waals surface area (Å²) in [5.74, 6) is 0.152. The Hall–Kier alpha value is -2.17. The zero-order valence-corrected chi connectivity index (χ0v) is 16.3. The molecule has 144 valence electrons. The molecule has 1 aliphatic heterocycles. The normalized spacial score (nSPS) is 16.8. The van der Waals surface area contributed by atoms with Crippen molar-refractivity contribution in [1.82, 2.24) is 15.1 Å². The molecule has 0 aliphatic carbocycles. The number of rotatable bonds is 8. The number of aryl methyl sites for hydroxylation is 1. The van der Waals surface area contributed by atoms with E-state index in [9.17, 15) is 4.79 Å². The second-order valence-corrected chi connectivity index (χ2v) is 7.35. The first kappa shape index (κ1) is 19.6. The van der Waals surface area contributed by atoms with Crippen LogP contribution < -0.4 is 5.32 Å². The highest BCUT2D eigenvalue weighted by atomic mass is 16.2. The van der Waals surface area contributed by atoms with Gasteiger partial charge < -0.3 is 5.32 Å². The fourth-order valence-electron chi connectivity index (χ4n) is 3.61. The molecule has 0 aromatic heterocycles. The van der Waals surface area contributed by atoms with Gasteiger partial charge in [0.15, 0.2) is 0 Å². The maximum absolute atomic E-state index is 12.5. The van der Waals surface area contributed by atoms with Crippen molar-refractivity contribution in [2.45, 2.75) is 32.4 Å². The standard InChI is InChI=1S/C23H31N3O/c1-20(23(27)24-14-8-13-21-9-4-2-5-10-21)26-17-15-25(16-18-26)19-22-11-6-3-7-12-22/h2-7,9-12,20H,8,13-19H2,1H3,(H,24,27). The van der Waals surface area contributed by atoms with Crippen molar-refractivity contribution in [1.29, 1.82) is 0 Å². The summed E-state index contributed by atoms with van der Waals surface area (Å²) in [6.45, 7) is 7.69. The van der Waals surface area contributed by atoms with Crippen LogP contribution in [0, 0.1) is 0 Å². The second kappa shape index (κ2) is 10.2. The minimum Gasteiger partial charge on any atom is -0.355 e. The highest BCUT2D eigenvalue weighted by Crippen LogP contribution is 2.11. The SMILES string of the molecule is CC(C(=O)NCCCc1ccccc1)N1CCN(Cc2ccccc2)CC1. The first-order chi connectivity index (χ1) is 13.2. The first-order valence-electron chi connectivity index (χ1n) is 10.0. The molecular formula is C23H31N3O. The Labute approximate surface area is 163 Å². The maximum atomic E-state index is 12.5. The molecule has 0 radical (unpaired) electrons. The van der Waals surface area contributed by atoms with E-state index in [0.717, 1.165) is 52.1 Å². The second-order valence-electron chi connectivity index (χ2n) is 7.35. The third kappa shape index (κ3) is 6.19. The molecule has 1 aliphatic rings. The van der Waals surface area contributed by atoms with E-state index in [4.69, 9.17) is 0 Å². The lowest BCUT2D eigenvalue weighted by Crippen LogP contribution is -2.53. The van der Waals surface area contributed by atoms with E-state index in [1.165, 1.54) is 11.1 Å². The number of hydrogen-bond donors (Lipinski definition) is 1. The molecule has 2 aromatic rings. The molecule has 0 saturated carbocycles. The number of nitrogens with zero attached hydrogens (tertiary/aromatic N) is 2. The number of piperazine rings is 1. The summed E-state index contributed by atoms with van der Waals surface area (Å²) in [4.78, 5) is 17.2. The molecule has 1 heterocycles. The Morgan fingerprint density at radius 3 is 2.15 bits per heavy atom. The summed E-state index contributed by atoms with van der Waals surface area (Å²) in [5.41, 5.74) is 2.68. The van der Waals surface area contributed by atoms with Crippen LogP contribution in [-0.4, -0.2) is 54.5 Å². The van der Waals surface area contributed by atoms with Crippen molar-refractivity contribution in [3.63, 3.8) is 0 Å². The van der Waals surface area contributed by atoms with Crippen molar-refractivity contribution >= 4 is 5.91 Å². The molecule has 4 nitrogen and oxygen atoms in total. The van der Waals surface area contributed by atoms with Crippen LogP contribution in [0.15, 0.2) is 60.7 Å². The Morgan fingerprint density at radius 2 is 1.52 bits per heavy atom. The number of carbonyl (C=O) groups is 1. The fraction of sp³-hybridized carbons (Fsp3) is 0.435. The van der Waals surface area contributed by atoms with Gasteiger partial charge in [-0.15, -0.1) is 0 Å². The van der Waals surface area contributed by atoms with Gasteiger partial charge in [0.25, 0.3) is 0 Å². The van der Waals surface area contributed by atoms with Gasteiger partial charge in [-0.3, -0.25) is 14.6 Å². The number of carbonyl (C=O) groups excluding carboxylic acids is 1. The van der Waals surface area contributed by atoms with Crippen LogP contribution in [0.2, 0.25) is 0 Å². The molecule has 1 saturated heterocycles. The predicted molar refractivity (Wildman–Crippen MR) is 111 cm³/mol. The summed E-state index contributed by atoms with van der Waals surface area (Å²) in [6.07, 6.45) is 1.99. The van der Waals surface area contributed by atoms with E-state index in [2.05, 4.69) is 69.7 Å². The van der Waals surface area contributed by atoms with Crippen molar-refractivity contribution in [3.8, 4) is 0 Å². The predicted octanol–water partition coefficient (Wildman–Crippen LogP) is 2.94. The first-order valence-corrected chi connectivity index (χ1v) is 10.0. The van der Waals surface area contributed by atoms with Crippen LogP contribution in [0.4, 0.5) is 0 Å². The lowest BCUT2D eigenvalue weighted by Gasteiger charge is -2.37. The average Bonchev–Trinajstić information content (AvgIpc) is 2.72. The third-order valence-corrected chi connectivity index (χ3v) is 5.37. The van der Waals surface area contributed by atoms with Crippen LogP contribution in [-0.2, 0) is 17.8 Å². The van der Waals surface area contributed by atoms with Crippen molar-refractivity contribution in [2.24, 2.45) is 0 Å². The van der Waals surface area contributed by atoms with Crippen LogP contribution in [0.25, 0.3) is 0 Å². The van der Waals surface area contributed by atoms with Crippen molar-refractivity contribution in [3.05, 3.63) is 71.8 Å².